The van der Waals surface area contributed by atoms with Crippen molar-refractivity contribution in [3.63, 3.8) is 0 Å². The normalized spacial score (nSPS) is 11.4. The Morgan fingerprint density at radius 2 is 1.95 bits per heavy atom. The second kappa shape index (κ2) is 6.13. The fourth-order valence-corrected chi connectivity index (χ4v) is 1.74. The number of alkyl halides is 4. The van der Waals surface area contributed by atoms with Crippen molar-refractivity contribution >= 4 is 11.6 Å². The molecule has 0 radical (unpaired) electrons. The number of hydrogen-bond donors (Lipinski definition) is 0. The maximum absolute atomic E-state index is 12.6. The van der Waals surface area contributed by atoms with Gasteiger partial charge in [-0.25, -0.2) is 0 Å². The van der Waals surface area contributed by atoms with Crippen molar-refractivity contribution in [2.75, 3.05) is 0 Å². The van der Waals surface area contributed by atoms with Crippen LogP contribution in [0.25, 0.3) is 0 Å². The van der Waals surface area contributed by atoms with Crippen LogP contribution in [0.5, 0.6) is 5.75 Å². The Balaban J connectivity index is 2.03. The Kier molecular flexibility index (Phi) is 4.49. The van der Waals surface area contributed by atoms with Crippen LogP contribution in [0.1, 0.15) is 16.8 Å². The van der Waals surface area contributed by atoms with Gasteiger partial charge in [0, 0.05) is 0 Å². The van der Waals surface area contributed by atoms with Gasteiger partial charge >= 0.3 is 6.18 Å². The molecule has 0 aliphatic heterocycles. The summed E-state index contributed by atoms with van der Waals surface area (Å²) >= 11 is 5.60. The van der Waals surface area contributed by atoms with Gasteiger partial charge in [0.1, 0.15) is 12.4 Å². The summed E-state index contributed by atoms with van der Waals surface area (Å²) in [5, 5.41) is 0. The predicted octanol–water partition coefficient (Wildman–Crippen LogP) is 4.42. The molecule has 1 aromatic carbocycles. The molecule has 1 aromatic heterocycles. The van der Waals surface area contributed by atoms with E-state index in [2.05, 4.69) is 4.98 Å². The van der Waals surface area contributed by atoms with Crippen LogP contribution in [0.4, 0.5) is 13.2 Å². The third-order valence-corrected chi connectivity index (χ3v) is 2.87. The van der Waals surface area contributed by atoms with E-state index in [-0.39, 0.29) is 6.61 Å². The lowest BCUT2D eigenvalue weighted by Crippen LogP contribution is -2.06. The number of halogens is 4. The van der Waals surface area contributed by atoms with E-state index in [1.54, 1.807) is 18.2 Å². The van der Waals surface area contributed by atoms with Gasteiger partial charge in [-0.15, -0.1) is 11.6 Å². The molecule has 2 aromatic rings. The van der Waals surface area contributed by atoms with Crippen molar-refractivity contribution in [2.24, 2.45) is 0 Å². The summed E-state index contributed by atoms with van der Waals surface area (Å²) in [6.45, 7) is 0.0474. The van der Waals surface area contributed by atoms with E-state index in [0.29, 0.717) is 22.9 Å². The molecular weight excluding hydrogens is 291 g/mol. The van der Waals surface area contributed by atoms with Gasteiger partial charge in [-0.05, 0) is 29.8 Å². The predicted molar refractivity (Wildman–Crippen MR) is 69.6 cm³/mol. The molecule has 0 aliphatic carbocycles. The summed E-state index contributed by atoms with van der Waals surface area (Å²) in [5.74, 6) is 0.782. The van der Waals surface area contributed by atoms with E-state index < -0.39 is 11.7 Å². The number of hydrogen-bond acceptors (Lipinski definition) is 2. The third kappa shape index (κ3) is 3.87. The van der Waals surface area contributed by atoms with E-state index >= 15 is 0 Å². The SMILES string of the molecule is FC(F)(F)c1cccc(COc2ccc(CCl)nc2)c1. The van der Waals surface area contributed by atoms with Gasteiger partial charge in [-0.3, -0.25) is 4.98 Å². The van der Waals surface area contributed by atoms with Gasteiger partial charge in [0.2, 0.25) is 0 Å². The van der Waals surface area contributed by atoms with Crippen molar-refractivity contribution in [2.45, 2.75) is 18.7 Å². The van der Waals surface area contributed by atoms with Gasteiger partial charge in [0.05, 0.1) is 23.3 Å². The molecule has 0 atom stereocenters. The van der Waals surface area contributed by atoms with E-state index in [4.69, 9.17) is 16.3 Å². The number of aromatic nitrogens is 1. The second-order valence-electron chi connectivity index (χ2n) is 4.11. The molecule has 0 unspecified atom stereocenters. The molecule has 20 heavy (non-hydrogen) atoms. The Labute approximate surface area is 119 Å². The van der Waals surface area contributed by atoms with E-state index in [0.717, 1.165) is 12.1 Å². The van der Waals surface area contributed by atoms with E-state index in [1.807, 2.05) is 0 Å². The zero-order valence-corrected chi connectivity index (χ0v) is 11.1. The lowest BCUT2D eigenvalue weighted by Gasteiger charge is -2.10. The number of pyridine rings is 1. The summed E-state index contributed by atoms with van der Waals surface area (Å²) in [7, 11) is 0. The Hall–Kier alpha value is -1.75. The van der Waals surface area contributed by atoms with Gasteiger partial charge < -0.3 is 4.74 Å². The average molecular weight is 302 g/mol. The first-order valence-electron chi connectivity index (χ1n) is 5.79. The highest BCUT2D eigenvalue weighted by molar-refractivity contribution is 6.16. The monoisotopic (exact) mass is 301 g/mol. The maximum Gasteiger partial charge on any atom is 0.416 e. The Morgan fingerprint density at radius 1 is 1.15 bits per heavy atom. The molecule has 6 heteroatoms. The minimum Gasteiger partial charge on any atom is -0.487 e. The highest BCUT2D eigenvalue weighted by atomic mass is 35.5. The van der Waals surface area contributed by atoms with Gasteiger partial charge in [-0.1, -0.05) is 12.1 Å². The van der Waals surface area contributed by atoms with Crippen molar-refractivity contribution in [3.8, 4) is 5.75 Å². The van der Waals surface area contributed by atoms with Crippen molar-refractivity contribution in [1.29, 1.82) is 0 Å². The van der Waals surface area contributed by atoms with Crippen LogP contribution in [0.2, 0.25) is 0 Å². The van der Waals surface area contributed by atoms with Gasteiger partial charge in [0.15, 0.2) is 0 Å². The molecule has 1 heterocycles. The van der Waals surface area contributed by atoms with Gasteiger partial charge in [0.25, 0.3) is 0 Å². The molecule has 0 amide bonds. The maximum atomic E-state index is 12.6. The molecule has 0 saturated heterocycles. The zero-order valence-electron chi connectivity index (χ0n) is 10.3. The third-order valence-electron chi connectivity index (χ3n) is 2.59. The fraction of sp³-hybridized carbons (Fsp3) is 0.214. The van der Waals surface area contributed by atoms with Crippen molar-refractivity contribution < 1.29 is 17.9 Å². The molecule has 2 rings (SSSR count). The number of ether oxygens (including phenoxy) is 1. The van der Waals surface area contributed by atoms with Gasteiger partial charge in [-0.2, -0.15) is 13.2 Å². The fourth-order valence-electron chi connectivity index (χ4n) is 1.58. The molecule has 2 nitrogen and oxygen atoms in total. The average Bonchev–Trinajstić information content (AvgIpc) is 2.45. The first-order valence-corrected chi connectivity index (χ1v) is 6.32. The Morgan fingerprint density at radius 3 is 2.55 bits per heavy atom. The minimum atomic E-state index is -4.35. The van der Waals surface area contributed by atoms with E-state index in [9.17, 15) is 13.2 Å². The lowest BCUT2D eigenvalue weighted by molar-refractivity contribution is -0.137. The standard InChI is InChI=1S/C14H11ClF3NO/c15-7-12-4-5-13(8-19-12)20-9-10-2-1-3-11(6-10)14(16,17)18/h1-6,8H,7,9H2. The summed E-state index contributed by atoms with van der Waals surface area (Å²) < 4.78 is 43.0. The summed E-state index contributed by atoms with van der Waals surface area (Å²) in [6.07, 6.45) is -2.86. The zero-order chi connectivity index (χ0) is 14.6. The topological polar surface area (TPSA) is 22.1 Å². The van der Waals surface area contributed by atoms with Crippen LogP contribution in [0, 0.1) is 0 Å². The first-order chi connectivity index (χ1) is 9.49. The van der Waals surface area contributed by atoms with Crippen molar-refractivity contribution in [3.05, 3.63) is 59.4 Å². The number of rotatable bonds is 4. The minimum absolute atomic E-state index is 0.0474. The van der Waals surface area contributed by atoms with Crippen LogP contribution in [0.3, 0.4) is 0 Å². The first kappa shape index (κ1) is 14.7. The summed E-state index contributed by atoms with van der Waals surface area (Å²) in [5.41, 5.74) is 0.466. The number of nitrogens with zero attached hydrogens (tertiary/aromatic N) is 1. The molecule has 0 spiro atoms. The van der Waals surface area contributed by atoms with Crippen molar-refractivity contribution in [1.82, 2.24) is 4.98 Å². The molecule has 106 valence electrons. The van der Waals surface area contributed by atoms with Crippen LogP contribution < -0.4 is 4.74 Å². The van der Waals surface area contributed by atoms with E-state index in [1.165, 1.54) is 12.3 Å². The second-order valence-corrected chi connectivity index (χ2v) is 4.37. The smallest absolute Gasteiger partial charge is 0.416 e. The molecular formula is C14H11ClF3NO. The number of benzene rings is 1. The van der Waals surface area contributed by atoms with Crippen LogP contribution in [-0.2, 0) is 18.7 Å². The quantitative estimate of drug-likeness (QED) is 0.780. The molecule has 0 N–H and O–H groups in total. The Bertz CT molecular complexity index is 569. The molecule has 0 aliphatic rings. The van der Waals surface area contributed by atoms with Crippen LogP contribution >= 0.6 is 11.6 Å². The highest BCUT2D eigenvalue weighted by Crippen LogP contribution is 2.29. The van der Waals surface area contributed by atoms with Crippen LogP contribution in [0.15, 0.2) is 42.6 Å². The molecule has 0 fully saturated rings. The summed E-state index contributed by atoms with van der Waals surface area (Å²) in [4.78, 5) is 4.03. The summed E-state index contributed by atoms with van der Waals surface area (Å²) in [6, 6.07) is 8.42. The highest BCUT2D eigenvalue weighted by Gasteiger charge is 2.30. The molecule has 0 bridgehead atoms. The largest absolute Gasteiger partial charge is 0.487 e. The van der Waals surface area contributed by atoms with Crippen LogP contribution in [-0.4, -0.2) is 4.98 Å². The lowest BCUT2D eigenvalue weighted by atomic mass is 10.1. The molecule has 0 saturated carbocycles.